The number of aromatic nitrogens is 1. The minimum absolute atomic E-state index is 0.675. The van der Waals surface area contributed by atoms with Crippen LogP contribution in [0, 0.1) is 0 Å². The first-order valence-corrected chi connectivity index (χ1v) is 5.46. The molecule has 1 aromatic heterocycles. The van der Waals surface area contributed by atoms with Gasteiger partial charge in [0.2, 0.25) is 0 Å². The Morgan fingerprint density at radius 3 is 3.08 bits per heavy atom. The fourth-order valence-corrected chi connectivity index (χ4v) is 1.84. The van der Waals surface area contributed by atoms with Crippen LogP contribution < -0.4 is 5.73 Å². The van der Waals surface area contributed by atoms with Gasteiger partial charge < -0.3 is 10.5 Å². The summed E-state index contributed by atoms with van der Waals surface area (Å²) >= 11 is 1.69. The summed E-state index contributed by atoms with van der Waals surface area (Å²) in [6, 6.07) is 0. The molecule has 1 rings (SSSR count). The molecule has 0 aromatic carbocycles. The van der Waals surface area contributed by atoms with Crippen LogP contribution in [-0.4, -0.2) is 24.7 Å². The van der Waals surface area contributed by atoms with Crippen LogP contribution in [0.5, 0.6) is 0 Å². The molecule has 74 valence electrons. The molecule has 0 aliphatic rings. The lowest BCUT2D eigenvalue weighted by atomic mass is 10.3. The van der Waals surface area contributed by atoms with Crippen molar-refractivity contribution in [3.63, 3.8) is 0 Å². The molecule has 0 radical (unpaired) electrons. The Morgan fingerprint density at radius 2 is 2.38 bits per heavy atom. The Bertz CT molecular complexity index is 237. The van der Waals surface area contributed by atoms with Crippen molar-refractivity contribution in [2.75, 3.05) is 19.8 Å². The average molecular weight is 200 g/mol. The highest BCUT2D eigenvalue weighted by Gasteiger charge is 2.00. The molecule has 0 unspecified atom stereocenters. The molecule has 0 bridgehead atoms. The molecule has 0 spiro atoms. The summed E-state index contributed by atoms with van der Waals surface area (Å²) in [7, 11) is 0. The molecule has 0 fully saturated rings. The van der Waals surface area contributed by atoms with E-state index >= 15 is 0 Å². The number of thiazole rings is 1. The van der Waals surface area contributed by atoms with Gasteiger partial charge in [-0.15, -0.1) is 11.3 Å². The van der Waals surface area contributed by atoms with Gasteiger partial charge in [0, 0.05) is 24.8 Å². The molecule has 0 saturated heterocycles. The van der Waals surface area contributed by atoms with Crippen molar-refractivity contribution in [3.8, 4) is 0 Å². The summed E-state index contributed by atoms with van der Waals surface area (Å²) < 4.78 is 5.25. The molecule has 0 aliphatic heterocycles. The van der Waals surface area contributed by atoms with Gasteiger partial charge in [-0.3, -0.25) is 0 Å². The fraction of sp³-hybridized carbons (Fsp3) is 0.667. The van der Waals surface area contributed by atoms with E-state index in [-0.39, 0.29) is 0 Å². The van der Waals surface area contributed by atoms with Crippen molar-refractivity contribution in [1.82, 2.24) is 4.98 Å². The van der Waals surface area contributed by atoms with Crippen LogP contribution in [0.2, 0.25) is 0 Å². The highest BCUT2D eigenvalue weighted by atomic mass is 32.1. The third kappa shape index (κ3) is 3.85. The second kappa shape index (κ2) is 6.07. The van der Waals surface area contributed by atoms with E-state index in [1.807, 2.05) is 6.92 Å². The molecule has 0 saturated carbocycles. The van der Waals surface area contributed by atoms with Gasteiger partial charge in [0.25, 0.3) is 0 Å². The van der Waals surface area contributed by atoms with E-state index in [2.05, 4.69) is 10.4 Å². The smallest absolute Gasteiger partial charge is 0.0951 e. The SMILES string of the molecule is CCOCCc1nc(CCN)cs1. The lowest BCUT2D eigenvalue weighted by molar-refractivity contribution is 0.151. The first-order valence-electron chi connectivity index (χ1n) is 4.58. The summed E-state index contributed by atoms with van der Waals surface area (Å²) in [6.45, 7) is 4.23. The lowest BCUT2D eigenvalue weighted by Crippen LogP contribution is -2.03. The third-order valence-electron chi connectivity index (χ3n) is 1.66. The molecule has 1 aromatic rings. The average Bonchev–Trinajstić information content (AvgIpc) is 2.54. The summed E-state index contributed by atoms with van der Waals surface area (Å²) in [5.74, 6) is 0. The van der Waals surface area contributed by atoms with Crippen molar-refractivity contribution in [2.45, 2.75) is 19.8 Å². The van der Waals surface area contributed by atoms with Crippen molar-refractivity contribution >= 4 is 11.3 Å². The van der Waals surface area contributed by atoms with Gasteiger partial charge in [-0.25, -0.2) is 4.98 Å². The van der Waals surface area contributed by atoms with E-state index in [4.69, 9.17) is 10.5 Å². The van der Waals surface area contributed by atoms with Crippen LogP contribution in [-0.2, 0) is 17.6 Å². The highest BCUT2D eigenvalue weighted by molar-refractivity contribution is 7.09. The van der Waals surface area contributed by atoms with Crippen molar-refractivity contribution in [2.24, 2.45) is 5.73 Å². The molecule has 0 amide bonds. The summed E-state index contributed by atoms with van der Waals surface area (Å²) in [4.78, 5) is 4.43. The Hall–Kier alpha value is -0.450. The van der Waals surface area contributed by atoms with Crippen LogP contribution in [0.15, 0.2) is 5.38 Å². The molecule has 0 aliphatic carbocycles. The molecule has 13 heavy (non-hydrogen) atoms. The van der Waals surface area contributed by atoms with E-state index in [1.54, 1.807) is 11.3 Å². The quantitative estimate of drug-likeness (QED) is 0.702. The highest BCUT2D eigenvalue weighted by Crippen LogP contribution is 2.10. The van der Waals surface area contributed by atoms with E-state index in [1.165, 1.54) is 0 Å². The van der Waals surface area contributed by atoms with Gasteiger partial charge in [-0.05, 0) is 13.5 Å². The van der Waals surface area contributed by atoms with E-state index < -0.39 is 0 Å². The van der Waals surface area contributed by atoms with Crippen LogP contribution in [0.1, 0.15) is 17.6 Å². The third-order valence-corrected chi connectivity index (χ3v) is 2.62. The number of hydrogen-bond acceptors (Lipinski definition) is 4. The molecule has 1 heterocycles. The van der Waals surface area contributed by atoms with Gasteiger partial charge >= 0.3 is 0 Å². The van der Waals surface area contributed by atoms with E-state index in [0.717, 1.165) is 36.8 Å². The lowest BCUT2D eigenvalue weighted by Gasteiger charge is -1.96. The number of hydrogen-bond donors (Lipinski definition) is 1. The minimum atomic E-state index is 0.675. The van der Waals surface area contributed by atoms with Gasteiger partial charge in [0.15, 0.2) is 0 Å². The monoisotopic (exact) mass is 200 g/mol. The second-order valence-electron chi connectivity index (χ2n) is 2.72. The van der Waals surface area contributed by atoms with Crippen LogP contribution in [0.3, 0.4) is 0 Å². The van der Waals surface area contributed by atoms with E-state index in [0.29, 0.717) is 6.54 Å². The molecule has 0 atom stereocenters. The van der Waals surface area contributed by atoms with Gasteiger partial charge in [-0.1, -0.05) is 0 Å². The summed E-state index contributed by atoms with van der Waals surface area (Å²) in [5, 5.41) is 3.23. The fourth-order valence-electron chi connectivity index (χ4n) is 1.03. The topological polar surface area (TPSA) is 48.1 Å². The van der Waals surface area contributed by atoms with Crippen molar-refractivity contribution < 1.29 is 4.74 Å². The van der Waals surface area contributed by atoms with Crippen molar-refractivity contribution in [3.05, 3.63) is 16.1 Å². The molecule has 4 heteroatoms. The second-order valence-corrected chi connectivity index (χ2v) is 3.66. The molecule has 3 nitrogen and oxygen atoms in total. The maximum absolute atomic E-state index is 5.43. The summed E-state index contributed by atoms with van der Waals surface area (Å²) in [5.41, 5.74) is 6.54. The largest absolute Gasteiger partial charge is 0.381 e. The zero-order valence-electron chi connectivity index (χ0n) is 7.95. The minimum Gasteiger partial charge on any atom is -0.381 e. The van der Waals surface area contributed by atoms with Crippen LogP contribution in [0.25, 0.3) is 0 Å². The van der Waals surface area contributed by atoms with Crippen LogP contribution >= 0.6 is 11.3 Å². The Morgan fingerprint density at radius 1 is 1.54 bits per heavy atom. The van der Waals surface area contributed by atoms with Gasteiger partial charge in [0.05, 0.1) is 17.3 Å². The predicted molar refractivity (Wildman–Crippen MR) is 55.1 cm³/mol. The number of nitrogens with zero attached hydrogens (tertiary/aromatic N) is 1. The molecular weight excluding hydrogens is 184 g/mol. The van der Waals surface area contributed by atoms with Crippen LogP contribution in [0.4, 0.5) is 0 Å². The normalized spacial score (nSPS) is 10.6. The molecule has 2 N–H and O–H groups in total. The predicted octanol–water partition coefficient (Wildman–Crippen LogP) is 1.22. The van der Waals surface area contributed by atoms with Gasteiger partial charge in [-0.2, -0.15) is 0 Å². The van der Waals surface area contributed by atoms with Gasteiger partial charge in [0.1, 0.15) is 0 Å². The standard InChI is InChI=1S/C9H16N2OS/c1-2-12-6-4-9-11-8(3-5-10)7-13-9/h7H,2-6,10H2,1H3. The first kappa shape index (κ1) is 10.6. The Kier molecular flexibility index (Phi) is 4.97. The van der Waals surface area contributed by atoms with Crippen molar-refractivity contribution in [1.29, 1.82) is 0 Å². The summed E-state index contributed by atoms with van der Waals surface area (Å²) in [6.07, 6.45) is 1.80. The molecular formula is C9H16N2OS. The zero-order valence-corrected chi connectivity index (χ0v) is 8.77. The zero-order chi connectivity index (χ0) is 9.52. The Labute approximate surface area is 82.9 Å². The number of ether oxygens (including phenoxy) is 1. The number of rotatable bonds is 6. The first-order chi connectivity index (χ1) is 6.36. The van der Waals surface area contributed by atoms with E-state index in [9.17, 15) is 0 Å². The maximum atomic E-state index is 5.43. The Balaban J connectivity index is 2.31. The maximum Gasteiger partial charge on any atom is 0.0951 e. The number of nitrogens with two attached hydrogens (primary N) is 1.